The van der Waals surface area contributed by atoms with E-state index in [0.29, 0.717) is 12.8 Å². The van der Waals surface area contributed by atoms with Gasteiger partial charge in [0.15, 0.2) is 5.65 Å². The number of aromatic nitrogens is 3. The van der Waals surface area contributed by atoms with Gasteiger partial charge >= 0.3 is 6.18 Å². The van der Waals surface area contributed by atoms with Gasteiger partial charge in [-0.1, -0.05) is 0 Å². The minimum absolute atomic E-state index is 0.0973. The van der Waals surface area contributed by atoms with Gasteiger partial charge < -0.3 is 11.1 Å². The summed E-state index contributed by atoms with van der Waals surface area (Å²) < 4.78 is 38.5. The Kier molecular flexibility index (Phi) is 4.81. The summed E-state index contributed by atoms with van der Waals surface area (Å²) in [6.45, 7) is -0.435. The van der Waals surface area contributed by atoms with E-state index in [-0.39, 0.29) is 36.0 Å². The van der Waals surface area contributed by atoms with Crippen LogP contribution in [0.15, 0.2) is 18.5 Å². The van der Waals surface area contributed by atoms with Crippen molar-refractivity contribution in [3.63, 3.8) is 0 Å². The number of nitrogens with one attached hydrogen (secondary N) is 1. The molecule has 0 aliphatic carbocycles. The second-order valence-electron chi connectivity index (χ2n) is 6.13. The van der Waals surface area contributed by atoms with Gasteiger partial charge in [-0.15, -0.1) is 0 Å². The third-order valence-corrected chi connectivity index (χ3v) is 4.23. The number of likely N-dealkylation sites (tertiary alicyclic amines) is 1. The molecule has 2 amide bonds. The highest BCUT2D eigenvalue weighted by Crippen LogP contribution is 2.20. The van der Waals surface area contributed by atoms with E-state index in [1.54, 1.807) is 0 Å². The fourth-order valence-electron chi connectivity index (χ4n) is 2.99. The lowest BCUT2D eigenvalue weighted by Crippen LogP contribution is -2.47. The monoisotopic (exact) mass is 370 g/mol. The SMILES string of the molecule is NC(=O)c1cnn2c(C(=O)NC3CCN(CC(F)(F)F)CC3)ccnc12. The first-order valence-corrected chi connectivity index (χ1v) is 7.97. The molecule has 1 aliphatic heterocycles. The number of amides is 2. The fraction of sp³-hybridized carbons (Fsp3) is 0.467. The molecule has 0 saturated carbocycles. The first-order valence-electron chi connectivity index (χ1n) is 7.97. The summed E-state index contributed by atoms with van der Waals surface area (Å²) in [6.07, 6.45) is -0.790. The summed E-state index contributed by atoms with van der Waals surface area (Å²) in [7, 11) is 0. The van der Waals surface area contributed by atoms with Crippen LogP contribution >= 0.6 is 0 Å². The average Bonchev–Trinajstić information content (AvgIpc) is 2.99. The Bertz CT molecular complexity index is 826. The molecule has 1 fully saturated rings. The number of fused-ring (bicyclic) bond motifs is 1. The van der Waals surface area contributed by atoms with Crippen molar-refractivity contribution in [2.24, 2.45) is 5.73 Å². The van der Waals surface area contributed by atoms with Gasteiger partial charge in [-0.05, 0) is 18.9 Å². The number of hydrogen-bond acceptors (Lipinski definition) is 5. The van der Waals surface area contributed by atoms with Crippen LogP contribution in [0.1, 0.15) is 33.7 Å². The van der Waals surface area contributed by atoms with Crippen LogP contribution in [0.4, 0.5) is 13.2 Å². The molecule has 140 valence electrons. The number of piperidine rings is 1. The van der Waals surface area contributed by atoms with Gasteiger partial charge in [0.2, 0.25) is 0 Å². The normalized spacial score (nSPS) is 16.7. The van der Waals surface area contributed by atoms with Crippen molar-refractivity contribution in [1.82, 2.24) is 24.8 Å². The summed E-state index contributed by atoms with van der Waals surface area (Å²) in [4.78, 5) is 29.2. The molecule has 0 spiro atoms. The Balaban J connectivity index is 1.66. The van der Waals surface area contributed by atoms with Gasteiger partial charge in [-0.3, -0.25) is 14.5 Å². The second kappa shape index (κ2) is 6.90. The smallest absolute Gasteiger partial charge is 0.365 e. The van der Waals surface area contributed by atoms with Crippen molar-refractivity contribution in [3.05, 3.63) is 29.7 Å². The van der Waals surface area contributed by atoms with Gasteiger partial charge in [0.05, 0.1) is 12.7 Å². The molecule has 8 nitrogen and oxygen atoms in total. The van der Waals surface area contributed by atoms with Crippen LogP contribution in [0.3, 0.4) is 0 Å². The topological polar surface area (TPSA) is 106 Å². The largest absolute Gasteiger partial charge is 0.401 e. The third-order valence-electron chi connectivity index (χ3n) is 4.23. The van der Waals surface area contributed by atoms with Crippen LogP contribution in [-0.4, -0.2) is 63.2 Å². The molecule has 0 radical (unpaired) electrons. The highest BCUT2D eigenvalue weighted by atomic mass is 19.4. The van der Waals surface area contributed by atoms with E-state index in [2.05, 4.69) is 15.4 Å². The Morgan fingerprint density at radius 2 is 2.00 bits per heavy atom. The molecule has 0 unspecified atom stereocenters. The zero-order chi connectivity index (χ0) is 18.9. The van der Waals surface area contributed by atoms with E-state index >= 15 is 0 Å². The number of hydrogen-bond donors (Lipinski definition) is 2. The lowest BCUT2D eigenvalue weighted by atomic mass is 10.0. The van der Waals surface area contributed by atoms with Crippen LogP contribution in [0.2, 0.25) is 0 Å². The van der Waals surface area contributed by atoms with Crippen molar-refractivity contribution >= 4 is 17.5 Å². The first-order chi connectivity index (χ1) is 12.2. The molecule has 3 rings (SSSR count). The summed E-state index contributed by atoms with van der Waals surface area (Å²) in [5.41, 5.74) is 5.67. The molecule has 0 aromatic carbocycles. The van der Waals surface area contributed by atoms with Gasteiger partial charge in [0, 0.05) is 25.3 Å². The molecule has 11 heteroatoms. The molecule has 0 bridgehead atoms. The lowest BCUT2D eigenvalue weighted by molar-refractivity contribution is -0.148. The maximum absolute atomic E-state index is 12.5. The van der Waals surface area contributed by atoms with Crippen LogP contribution in [0.25, 0.3) is 5.65 Å². The van der Waals surface area contributed by atoms with E-state index in [1.165, 1.54) is 27.9 Å². The minimum atomic E-state index is -4.23. The predicted octanol–water partition coefficient (Wildman–Crippen LogP) is 0.585. The zero-order valence-corrected chi connectivity index (χ0v) is 13.7. The lowest BCUT2D eigenvalue weighted by Gasteiger charge is -2.32. The Labute approximate surface area is 146 Å². The number of primary amides is 1. The van der Waals surface area contributed by atoms with Crippen molar-refractivity contribution in [3.8, 4) is 0 Å². The molecule has 2 aromatic heterocycles. The van der Waals surface area contributed by atoms with Crippen molar-refractivity contribution in [2.45, 2.75) is 25.1 Å². The van der Waals surface area contributed by atoms with E-state index in [9.17, 15) is 22.8 Å². The predicted molar refractivity (Wildman–Crippen MR) is 84.5 cm³/mol. The van der Waals surface area contributed by atoms with Crippen LogP contribution < -0.4 is 11.1 Å². The molecule has 0 atom stereocenters. The zero-order valence-electron chi connectivity index (χ0n) is 13.7. The fourth-order valence-corrected chi connectivity index (χ4v) is 2.99. The first kappa shape index (κ1) is 18.1. The van der Waals surface area contributed by atoms with Gasteiger partial charge in [0.1, 0.15) is 11.3 Å². The van der Waals surface area contributed by atoms with Crippen molar-refractivity contribution < 1.29 is 22.8 Å². The van der Waals surface area contributed by atoms with E-state index < -0.39 is 24.5 Å². The maximum atomic E-state index is 12.5. The molecule has 3 N–H and O–H groups in total. The van der Waals surface area contributed by atoms with Crippen LogP contribution in [0.5, 0.6) is 0 Å². The number of carbonyl (C=O) groups is 2. The number of nitrogens with two attached hydrogens (primary N) is 1. The van der Waals surface area contributed by atoms with Gasteiger partial charge in [0.25, 0.3) is 11.8 Å². The molecule has 1 saturated heterocycles. The Morgan fingerprint density at radius 3 is 2.62 bits per heavy atom. The molecule has 26 heavy (non-hydrogen) atoms. The molecular formula is C15H17F3N6O2. The Hall–Kier alpha value is -2.69. The highest BCUT2D eigenvalue weighted by molar-refractivity contribution is 5.99. The number of rotatable bonds is 4. The van der Waals surface area contributed by atoms with Gasteiger partial charge in [-0.25, -0.2) is 9.50 Å². The van der Waals surface area contributed by atoms with Crippen LogP contribution in [-0.2, 0) is 0 Å². The van der Waals surface area contributed by atoms with Crippen LogP contribution in [0, 0.1) is 0 Å². The summed E-state index contributed by atoms with van der Waals surface area (Å²) in [6, 6.07) is 1.21. The number of halogens is 3. The van der Waals surface area contributed by atoms with E-state index in [4.69, 9.17) is 5.73 Å². The summed E-state index contributed by atoms with van der Waals surface area (Å²) >= 11 is 0. The summed E-state index contributed by atoms with van der Waals surface area (Å²) in [5, 5.41) is 6.76. The molecule has 3 heterocycles. The average molecular weight is 370 g/mol. The molecular weight excluding hydrogens is 353 g/mol. The Morgan fingerprint density at radius 1 is 1.31 bits per heavy atom. The number of alkyl halides is 3. The van der Waals surface area contributed by atoms with E-state index in [0.717, 1.165) is 0 Å². The number of nitrogens with zero attached hydrogens (tertiary/aromatic N) is 4. The third kappa shape index (κ3) is 3.93. The van der Waals surface area contributed by atoms with Crippen molar-refractivity contribution in [2.75, 3.05) is 19.6 Å². The standard InChI is InChI=1S/C15H17F3N6O2/c16-15(17,18)8-23-5-2-9(3-6-23)22-14(26)11-1-4-20-13-10(12(19)25)7-21-24(11)13/h1,4,7,9H,2-3,5-6,8H2,(H2,19,25)(H,22,26). The molecule has 2 aromatic rings. The summed E-state index contributed by atoms with van der Waals surface area (Å²) in [5.74, 6) is -1.15. The quantitative estimate of drug-likeness (QED) is 0.819. The minimum Gasteiger partial charge on any atom is -0.365 e. The highest BCUT2D eigenvalue weighted by Gasteiger charge is 2.33. The van der Waals surface area contributed by atoms with Gasteiger partial charge in [-0.2, -0.15) is 18.3 Å². The second-order valence-corrected chi connectivity index (χ2v) is 6.13. The van der Waals surface area contributed by atoms with Crippen molar-refractivity contribution in [1.29, 1.82) is 0 Å². The molecule has 1 aliphatic rings. The maximum Gasteiger partial charge on any atom is 0.401 e. The van der Waals surface area contributed by atoms with E-state index in [1.807, 2.05) is 0 Å². The number of carbonyl (C=O) groups excluding carboxylic acids is 2.